The van der Waals surface area contributed by atoms with Gasteiger partial charge in [-0.05, 0) is 49.9 Å². The molecular formula is C20H20ClN5O3. The van der Waals surface area contributed by atoms with Crippen LogP contribution in [0.5, 0.6) is 5.75 Å². The van der Waals surface area contributed by atoms with Gasteiger partial charge in [0.05, 0.1) is 6.20 Å². The molecule has 1 fully saturated rings. The van der Waals surface area contributed by atoms with Crippen molar-refractivity contribution in [2.45, 2.75) is 32.2 Å². The second kappa shape index (κ2) is 8.57. The first-order valence-corrected chi connectivity index (χ1v) is 9.78. The average molecular weight is 414 g/mol. The molecule has 3 aromatic rings. The van der Waals surface area contributed by atoms with Crippen LogP contribution in [0.25, 0.3) is 11.6 Å². The van der Waals surface area contributed by atoms with Gasteiger partial charge in [0.15, 0.2) is 6.61 Å². The van der Waals surface area contributed by atoms with Crippen molar-refractivity contribution in [3.63, 3.8) is 0 Å². The van der Waals surface area contributed by atoms with Gasteiger partial charge >= 0.3 is 0 Å². The number of piperidine rings is 1. The topological polar surface area (TPSA) is 94.2 Å². The van der Waals surface area contributed by atoms with Gasteiger partial charge < -0.3 is 14.1 Å². The molecule has 1 amide bonds. The lowest BCUT2D eigenvalue weighted by atomic mass is 10.0. The molecule has 0 radical (unpaired) electrons. The maximum Gasteiger partial charge on any atom is 0.267 e. The van der Waals surface area contributed by atoms with Gasteiger partial charge in [-0.2, -0.15) is 0 Å². The monoisotopic (exact) mass is 413 g/mol. The number of hydrogen-bond donors (Lipinski definition) is 0. The molecule has 4 rings (SSSR count). The minimum Gasteiger partial charge on any atom is -0.484 e. The van der Waals surface area contributed by atoms with Crippen molar-refractivity contribution in [1.82, 2.24) is 25.1 Å². The molecule has 2 aromatic heterocycles. The van der Waals surface area contributed by atoms with Crippen LogP contribution in [0.2, 0.25) is 5.02 Å². The molecule has 1 atom stereocenters. The second-order valence-electron chi connectivity index (χ2n) is 6.83. The maximum absolute atomic E-state index is 12.8. The van der Waals surface area contributed by atoms with E-state index in [2.05, 4.69) is 20.2 Å². The van der Waals surface area contributed by atoms with E-state index in [1.807, 2.05) is 13.0 Å². The Labute approximate surface area is 172 Å². The Morgan fingerprint density at radius 3 is 3.00 bits per heavy atom. The van der Waals surface area contributed by atoms with E-state index in [-0.39, 0.29) is 18.6 Å². The Hall–Kier alpha value is -3.00. The van der Waals surface area contributed by atoms with Crippen molar-refractivity contribution in [3.05, 3.63) is 53.3 Å². The quantitative estimate of drug-likeness (QED) is 0.630. The van der Waals surface area contributed by atoms with Crippen molar-refractivity contribution in [2.24, 2.45) is 0 Å². The molecule has 3 heterocycles. The number of hydrogen-bond acceptors (Lipinski definition) is 7. The fourth-order valence-electron chi connectivity index (χ4n) is 3.30. The zero-order valence-corrected chi connectivity index (χ0v) is 16.7. The van der Waals surface area contributed by atoms with E-state index in [4.69, 9.17) is 20.8 Å². The van der Waals surface area contributed by atoms with E-state index >= 15 is 0 Å². The van der Waals surface area contributed by atoms with E-state index in [0.29, 0.717) is 34.8 Å². The summed E-state index contributed by atoms with van der Waals surface area (Å²) in [6.45, 7) is 2.44. The lowest BCUT2D eigenvalue weighted by Crippen LogP contribution is -2.41. The minimum absolute atomic E-state index is 0.0667. The van der Waals surface area contributed by atoms with Gasteiger partial charge in [-0.15, -0.1) is 10.2 Å². The number of halogens is 1. The minimum atomic E-state index is -0.273. The molecule has 0 saturated carbocycles. The molecule has 29 heavy (non-hydrogen) atoms. The molecule has 9 heteroatoms. The first-order chi connectivity index (χ1) is 14.1. The number of carbonyl (C=O) groups is 1. The number of carbonyl (C=O) groups excluding carboxylic acids is 1. The zero-order chi connectivity index (χ0) is 20.2. The lowest BCUT2D eigenvalue weighted by molar-refractivity contribution is -0.137. The van der Waals surface area contributed by atoms with Gasteiger partial charge in [-0.25, -0.2) is 4.98 Å². The molecule has 0 bridgehead atoms. The Morgan fingerprint density at radius 2 is 2.21 bits per heavy atom. The summed E-state index contributed by atoms with van der Waals surface area (Å²) in [6.07, 6.45) is 7.36. The number of rotatable bonds is 5. The van der Waals surface area contributed by atoms with E-state index in [1.165, 1.54) is 0 Å². The summed E-state index contributed by atoms with van der Waals surface area (Å²) in [7, 11) is 0. The number of nitrogens with zero attached hydrogens (tertiary/aromatic N) is 5. The first kappa shape index (κ1) is 19.3. The summed E-state index contributed by atoms with van der Waals surface area (Å²) in [5.41, 5.74) is 1.40. The van der Waals surface area contributed by atoms with E-state index in [9.17, 15) is 4.79 Å². The molecule has 1 aromatic carbocycles. The molecule has 150 valence electrons. The molecule has 1 aliphatic rings. The summed E-state index contributed by atoms with van der Waals surface area (Å²) in [5, 5.41) is 8.88. The molecule has 1 aliphatic heterocycles. The van der Waals surface area contributed by atoms with Gasteiger partial charge in [0.2, 0.25) is 5.89 Å². The average Bonchev–Trinajstić information content (AvgIpc) is 3.25. The molecule has 0 spiro atoms. The van der Waals surface area contributed by atoms with Crippen LogP contribution in [0.3, 0.4) is 0 Å². The highest BCUT2D eigenvalue weighted by Gasteiger charge is 2.32. The normalized spacial score (nSPS) is 16.6. The van der Waals surface area contributed by atoms with Gasteiger partial charge in [-0.1, -0.05) is 11.6 Å². The molecule has 1 saturated heterocycles. The number of aromatic nitrogens is 4. The summed E-state index contributed by atoms with van der Waals surface area (Å²) in [5.74, 6) is 1.18. The van der Waals surface area contributed by atoms with Crippen molar-refractivity contribution in [1.29, 1.82) is 0 Å². The standard InChI is InChI=1S/C20H20ClN5O3/c1-13-10-14(5-6-15(13)21)28-12-18(27)26-9-3-2-4-17(26)20-25-24-19(29-20)16-11-22-7-8-23-16/h5-8,10-11,17H,2-4,9,12H2,1H3/t17-/m1/s1. The van der Waals surface area contributed by atoms with Crippen molar-refractivity contribution < 1.29 is 13.9 Å². The second-order valence-corrected chi connectivity index (χ2v) is 7.24. The third-order valence-electron chi connectivity index (χ3n) is 4.82. The van der Waals surface area contributed by atoms with Crippen LogP contribution in [0.1, 0.15) is 36.8 Å². The number of benzene rings is 1. The summed E-state index contributed by atoms with van der Waals surface area (Å²) >= 11 is 6.04. The SMILES string of the molecule is Cc1cc(OCC(=O)N2CCCC[C@@H]2c2nnc(-c3cnccn3)o2)ccc1Cl. The van der Waals surface area contributed by atoms with Crippen molar-refractivity contribution in [3.8, 4) is 17.3 Å². The van der Waals surface area contributed by atoms with E-state index in [0.717, 1.165) is 24.8 Å². The fourth-order valence-corrected chi connectivity index (χ4v) is 3.42. The Kier molecular flexibility index (Phi) is 5.71. The van der Waals surface area contributed by atoms with Crippen LogP contribution in [0, 0.1) is 6.92 Å². The number of aryl methyl sites for hydroxylation is 1. The number of ether oxygens (including phenoxy) is 1. The Bertz CT molecular complexity index is 995. The van der Waals surface area contributed by atoms with Crippen LogP contribution in [0.15, 0.2) is 41.2 Å². The maximum atomic E-state index is 12.8. The highest BCUT2D eigenvalue weighted by molar-refractivity contribution is 6.31. The highest BCUT2D eigenvalue weighted by atomic mass is 35.5. The molecule has 0 unspecified atom stereocenters. The van der Waals surface area contributed by atoms with E-state index < -0.39 is 0 Å². The highest BCUT2D eigenvalue weighted by Crippen LogP contribution is 2.31. The smallest absolute Gasteiger partial charge is 0.267 e. The predicted octanol–water partition coefficient (Wildman–Crippen LogP) is 3.62. The molecule has 0 N–H and O–H groups in total. The fraction of sp³-hybridized carbons (Fsp3) is 0.350. The van der Waals surface area contributed by atoms with Crippen LogP contribution in [0.4, 0.5) is 0 Å². The van der Waals surface area contributed by atoms with Crippen LogP contribution >= 0.6 is 11.6 Å². The Morgan fingerprint density at radius 1 is 1.31 bits per heavy atom. The zero-order valence-electron chi connectivity index (χ0n) is 15.9. The molecule has 0 aliphatic carbocycles. The van der Waals surface area contributed by atoms with Crippen LogP contribution in [-0.4, -0.2) is 44.1 Å². The first-order valence-electron chi connectivity index (χ1n) is 9.40. The summed E-state index contributed by atoms with van der Waals surface area (Å²) in [4.78, 5) is 22.8. The van der Waals surface area contributed by atoms with E-state index in [1.54, 1.807) is 35.6 Å². The third-order valence-corrected chi connectivity index (χ3v) is 5.25. The van der Waals surface area contributed by atoms with Crippen molar-refractivity contribution >= 4 is 17.5 Å². The van der Waals surface area contributed by atoms with Crippen molar-refractivity contribution in [2.75, 3.05) is 13.2 Å². The molecular weight excluding hydrogens is 394 g/mol. The summed E-state index contributed by atoms with van der Waals surface area (Å²) < 4.78 is 11.5. The van der Waals surface area contributed by atoms with Crippen LogP contribution < -0.4 is 4.74 Å². The van der Waals surface area contributed by atoms with Crippen LogP contribution in [-0.2, 0) is 4.79 Å². The van der Waals surface area contributed by atoms with Gasteiger partial charge in [0.25, 0.3) is 11.8 Å². The number of likely N-dealkylation sites (tertiary alicyclic amines) is 1. The van der Waals surface area contributed by atoms with Gasteiger partial charge in [0.1, 0.15) is 17.5 Å². The Balaban J connectivity index is 1.46. The lowest BCUT2D eigenvalue weighted by Gasteiger charge is -2.33. The predicted molar refractivity (Wildman–Crippen MR) is 105 cm³/mol. The molecule has 8 nitrogen and oxygen atoms in total. The summed E-state index contributed by atoms with van der Waals surface area (Å²) in [6, 6.07) is 5.05. The van der Waals surface area contributed by atoms with Gasteiger partial charge in [-0.3, -0.25) is 9.78 Å². The number of amides is 1. The third kappa shape index (κ3) is 4.37. The largest absolute Gasteiger partial charge is 0.484 e. The van der Waals surface area contributed by atoms with Gasteiger partial charge in [0, 0.05) is 24.0 Å².